The number of ether oxygens (including phenoxy) is 1. The summed E-state index contributed by atoms with van der Waals surface area (Å²) in [5.74, 6) is -0.522. The molecular formula is C12H23NO4S. The second-order valence-electron chi connectivity index (χ2n) is 5.13. The van der Waals surface area contributed by atoms with Gasteiger partial charge in [0.05, 0.1) is 12.4 Å². The van der Waals surface area contributed by atoms with Crippen LogP contribution in [-0.2, 0) is 19.6 Å². The molecule has 0 spiro atoms. The molecule has 0 aromatic carbocycles. The molecule has 106 valence electrons. The number of methoxy groups -OCH3 is 1. The number of carbonyl (C=O) groups is 1. The predicted octanol–water partition coefficient (Wildman–Crippen LogP) is 1.58. The van der Waals surface area contributed by atoms with Crippen molar-refractivity contribution in [2.45, 2.75) is 63.2 Å². The van der Waals surface area contributed by atoms with Crippen LogP contribution in [0.15, 0.2) is 0 Å². The van der Waals surface area contributed by atoms with Gasteiger partial charge in [-0.3, -0.25) is 4.79 Å². The van der Waals surface area contributed by atoms with E-state index >= 15 is 0 Å². The van der Waals surface area contributed by atoms with Gasteiger partial charge in [0, 0.05) is 0 Å². The Hall–Kier alpha value is -0.620. The molecule has 0 radical (unpaired) electrons. The van der Waals surface area contributed by atoms with E-state index in [0.29, 0.717) is 25.7 Å². The molecule has 1 saturated carbocycles. The summed E-state index contributed by atoms with van der Waals surface area (Å²) < 4.78 is 31.7. The highest BCUT2D eigenvalue weighted by Crippen LogP contribution is 2.26. The van der Waals surface area contributed by atoms with E-state index in [1.165, 1.54) is 7.11 Å². The van der Waals surface area contributed by atoms with Crippen LogP contribution in [0.25, 0.3) is 0 Å². The van der Waals surface area contributed by atoms with Crippen molar-refractivity contribution in [1.29, 1.82) is 0 Å². The summed E-state index contributed by atoms with van der Waals surface area (Å²) in [4.78, 5) is 11.8. The summed E-state index contributed by atoms with van der Waals surface area (Å²) in [7, 11) is -2.17. The maximum Gasteiger partial charge on any atom is 0.326 e. The minimum Gasteiger partial charge on any atom is -0.468 e. The number of esters is 1. The topological polar surface area (TPSA) is 72.5 Å². The molecule has 0 amide bonds. The summed E-state index contributed by atoms with van der Waals surface area (Å²) in [6, 6.07) is 0. The van der Waals surface area contributed by atoms with E-state index in [0.717, 1.165) is 12.8 Å². The third kappa shape index (κ3) is 3.45. The van der Waals surface area contributed by atoms with E-state index in [1.54, 1.807) is 6.92 Å². The first-order valence-electron chi connectivity index (χ1n) is 6.47. The van der Waals surface area contributed by atoms with Crippen LogP contribution in [0.2, 0.25) is 0 Å². The van der Waals surface area contributed by atoms with Gasteiger partial charge in [-0.1, -0.05) is 26.2 Å². The highest BCUT2D eigenvalue weighted by molar-refractivity contribution is 7.90. The first-order valence-corrected chi connectivity index (χ1v) is 8.01. The zero-order valence-electron chi connectivity index (χ0n) is 11.4. The Bertz CT molecular complexity index is 387. The molecule has 1 atom stereocenters. The summed E-state index contributed by atoms with van der Waals surface area (Å²) in [5, 5.41) is -0.363. The molecule has 0 aromatic heterocycles. The molecule has 5 nitrogen and oxygen atoms in total. The minimum absolute atomic E-state index is 0.363. The molecule has 18 heavy (non-hydrogen) atoms. The Morgan fingerprint density at radius 3 is 2.39 bits per heavy atom. The quantitative estimate of drug-likeness (QED) is 0.748. The van der Waals surface area contributed by atoms with Crippen molar-refractivity contribution in [1.82, 2.24) is 4.72 Å². The molecule has 0 saturated heterocycles. The van der Waals surface area contributed by atoms with Crippen molar-refractivity contribution >= 4 is 16.0 Å². The van der Waals surface area contributed by atoms with Crippen molar-refractivity contribution in [3.05, 3.63) is 0 Å². The first-order chi connectivity index (χ1) is 8.35. The fourth-order valence-electron chi connectivity index (χ4n) is 2.52. The lowest BCUT2D eigenvalue weighted by Crippen LogP contribution is -2.54. The summed E-state index contributed by atoms with van der Waals surface area (Å²) >= 11 is 0. The van der Waals surface area contributed by atoms with Crippen LogP contribution in [0.1, 0.15) is 52.4 Å². The molecule has 0 bridgehead atoms. The maximum absolute atomic E-state index is 12.2. The van der Waals surface area contributed by atoms with Gasteiger partial charge < -0.3 is 4.74 Å². The van der Waals surface area contributed by atoms with Crippen LogP contribution >= 0.6 is 0 Å². The van der Waals surface area contributed by atoms with Gasteiger partial charge in [-0.25, -0.2) is 8.42 Å². The van der Waals surface area contributed by atoms with Crippen LogP contribution in [0.4, 0.5) is 0 Å². The van der Waals surface area contributed by atoms with Crippen molar-refractivity contribution < 1.29 is 17.9 Å². The smallest absolute Gasteiger partial charge is 0.326 e. The lowest BCUT2D eigenvalue weighted by Gasteiger charge is -2.28. The average molecular weight is 277 g/mol. The predicted molar refractivity (Wildman–Crippen MR) is 69.6 cm³/mol. The Labute approximate surface area is 109 Å². The van der Waals surface area contributed by atoms with Gasteiger partial charge in [0.1, 0.15) is 5.54 Å². The van der Waals surface area contributed by atoms with Crippen LogP contribution in [0.3, 0.4) is 0 Å². The third-order valence-corrected chi connectivity index (χ3v) is 5.58. The van der Waals surface area contributed by atoms with E-state index in [4.69, 9.17) is 4.74 Å². The lowest BCUT2D eigenvalue weighted by atomic mass is 9.98. The fourth-order valence-corrected chi connectivity index (χ4v) is 4.45. The normalized spacial score (nSPS) is 20.6. The van der Waals surface area contributed by atoms with Gasteiger partial charge in [0.25, 0.3) is 0 Å². The SMILES string of the molecule is CCCC(C)(NS(=O)(=O)C1CCCC1)C(=O)OC. The zero-order valence-corrected chi connectivity index (χ0v) is 12.2. The minimum atomic E-state index is -3.45. The molecule has 6 heteroatoms. The van der Waals surface area contributed by atoms with E-state index in [9.17, 15) is 13.2 Å². The second kappa shape index (κ2) is 6.02. The number of rotatable bonds is 6. The van der Waals surface area contributed by atoms with Crippen molar-refractivity contribution in [2.24, 2.45) is 0 Å². The fraction of sp³-hybridized carbons (Fsp3) is 0.917. The van der Waals surface area contributed by atoms with Gasteiger partial charge in [-0.05, 0) is 26.2 Å². The van der Waals surface area contributed by atoms with Gasteiger partial charge in [0.15, 0.2) is 0 Å². The lowest BCUT2D eigenvalue weighted by molar-refractivity contribution is -0.147. The largest absolute Gasteiger partial charge is 0.468 e. The van der Waals surface area contributed by atoms with Gasteiger partial charge in [-0.15, -0.1) is 0 Å². The summed E-state index contributed by atoms with van der Waals surface area (Å²) in [5.41, 5.74) is -1.15. The van der Waals surface area contributed by atoms with Crippen LogP contribution < -0.4 is 4.72 Å². The van der Waals surface area contributed by atoms with Crippen LogP contribution in [0.5, 0.6) is 0 Å². The van der Waals surface area contributed by atoms with Gasteiger partial charge >= 0.3 is 5.97 Å². The third-order valence-electron chi connectivity index (χ3n) is 3.49. The number of nitrogens with one attached hydrogen (secondary N) is 1. The molecule has 0 aromatic rings. The molecular weight excluding hydrogens is 254 g/mol. The molecule has 0 aliphatic heterocycles. The van der Waals surface area contributed by atoms with Crippen molar-refractivity contribution in [3.8, 4) is 0 Å². The van der Waals surface area contributed by atoms with Crippen LogP contribution in [-0.4, -0.2) is 32.3 Å². The standard InChI is InChI=1S/C12H23NO4S/c1-4-9-12(2,11(14)17-3)13-18(15,16)10-7-5-6-8-10/h10,13H,4-9H2,1-3H3. The first kappa shape index (κ1) is 15.4. The summed E-state index contributed by atoms with van der Waals surface area (Å²) in [6.45, 7) is 3.50. The van der Waals surface area contributed by atoms with E-state index in [1.807, 2.05) is 6.92 Å². The number of sulfonamides is 1. The Morgan fingerprint density at radius 2 is 1.94 bits per heavy atom. The molecule has 1 unspecified atom stereocenters. The molecule has 1 N–H and O–H groups in total. The van der Waals surface area contributed by atoms with Crippen molar-refractivity contribution in [3.63, 3.8) is 0 Å². The highest BCUT2D eigenvalue weighted by atomic mass is 32.2. The zero-order chi connectivity index (χ0) is 13.8. The van der Waals surface area contributed by atoms with Crippen molar-refractivity contribution in [2.75, 3.05) is 7.11 Å². The van der Waals surface area contributed by atoms with Gasteiger partial charge in [-0.2, -0.15) is 4.72 Å². The highest BCUT2D eigenvalue weighted by Gasteiger charge is 2.40. The Kier molecular flexibility index (Phi) is 5.16. The summed E-state index contributed by atoms with van der Waals surface area (Å²) in [6.07, 6.45) is 4.38. The molecule has 1 aliphatic carbocycles. The maximum atomic E-state index is 12.2. The van der Waals surface area contributed by atoms with Gasteiger partial charge in [0.2, 0.25) is 10.0 Å². The van der Waals surface area contributed by atoms with E-state index < -0.39 is 21.5 Å². The Balaban J connectivity index is 2.85. The Morgan fingerprint density at radius 1 is 1.39 bits per heavy atom. The molecule has 0 heterocycles. The van der Waals surface area contributed by atoms with E-state index in [2.05, 4.69) is 4.72 Å². The van der Waals surface area contributed by atoms with Crippen LogP contribution in [0, 0.1) is 0 Å². The molecule has 1 rings (SSSR count). The second-order valence-corrected chi connectivity index (χ2v) is 7.09. The molecule has 1 fully saturated rings. The number of hydrogen-bond acceptors (Lipinski definition) is 4. The number of hydrogen-bond donors (Lipinski definition) is 1. The average Bonchev–Trinajstić information content (AvgIpc) is 2.81. The molecule has 1 aliphatic rings. The van der Waals surface area contributed by atoms with E-state index in [-0.39, 0.29) is 5.25 Å². The number of carbonyl (C=O) groups excluding carboxylic acids is 1. The monoisotopic (exact) mass is 277 g/mol.